The minimum Gasteiger partial charge on any atom is -0.486 e. The monoisotopic (exact) mass is 306 g/mol. The number of amides is 1. The molecule has 0 aromatic heterocycles. The summed E-state index contributed by atoms with van der Waals surface area (Å²) in [4.78, 5) is 14.1. The molecule has 1 N–H and O–H groups in total. The van der Waals surface area contributed by atoms with Gasteiger partial charge in [-0.1, -0.05) is 25.5 Å². The van der Waals surface area contributed by atoms with Crippen LogP contribution in [0.4, 0.5) is 0 Å². The van der Waals surface area contributed by atoms with Crippen LogP contribution in [0.5, 0.6) is 11.5 Å². The van der Waals surface area contributed by atoms with Crippen molar-refractivity contribution in [2.75, 3.05) is 33.3 Å². The summed E-state index contributed by atoms with van der Waals surface area (Å²) in [6.45, 7) is 4.95. The minimum atomic E-state index is -0.128. The van der Waals surface area contributed by atoms with Gasteiger partial charge in [0.15, 0.2) is 11.5 Å². The Balaban J connectivity index is 1.65. The number of rotatable bonds is 8. The molecule has 1 heterocycles. The van der Waals surface area contributed by atoms with Crippen molar-refractivity contribution in [3.8, 4) is 11.5 Å². The Hall–Kier alpha value is -1.75. The fraction of sp³-hybridized carbons (Fsp3) is 0.588. The van der Waals surface area contributed by atoms with Crippen LogP contribution in [-0.2, 0) is 4.79 Å². The zero-order chi connectivity index (χ0) is 15.8. The molecule has 0 saturated heterocycles. The molecule has 0 radical (unpaired) electrons. The van der Waals surface area contributed by atoms with Crippen LogP contribution in [-0.4, -0.2) is 50.2 Å². The van der Waals surface area contributed by atoms with Gasteiger partial charge in [0.1, 0.15) is 12.7 Å². The molecule has 22 heavy (non-hydrogen) atoms. The van der Waals surface area contributed by atoms with Crippen LogP contribution in [0, 0.1) is 0 Å². The largest absolute Gasteiger partial charge is 0.486 e. The number of carbonyl (C=O) groups excluding carboxylic acids is 1. The van der Waals surface area contributed by atoms with Crippen molar-refractivity contribution >= 4 is 5.91 Å². The maximum Gasteiger partial charge on any atom is 0.221 e. The second kappa shape index (κ2) is 8.63. The number of para-hydroxylation sites is 2. The summed E-state index contributed by atoms with van der Waals surface area (Å²) >= 11 is 0. The van der Waals surface area contributed by atoms with Gasteiger partial charge in [-0.05, 0) is 32.1 Å². The molecule has 1 unspecified atom stereocenters. The fourth-order valence-electron chi connectivity index (χ4n) is 2.31. The van der Waals surface area contributed by atoms with Gasteiger partial charge < -0.3 is 19.7 Å². The second-order valence-electron chi connectivity index (χ2n) is 5.71. The minimum absolute atomic E-state index is 0.0609. The van der Waals surface area contributed by atoms with Gasteiger partial charge in [-0.3, -0.25) is 4.79 Å². The molecular formula is C17H26N2O3. The molecule has 0 bridgehead atoms. The topological polar surface area (TPSA) is 50.8 Å². The standard InChI is InChI=1S/C17H26N2O3/c1-3-4-10-19(2)11-9-17(20)18-12-14-13-21-15-7-5-6-8-16(15)22-14/h5-8,14H,3-4,9-13H2,1-2H3,(H,18,20). The van der Waals surface area contributed by atoms with Crippen molar-refractivity contribution in [2.45, 2.75) is 32.3 Å². The van der Waals surface area contributed by atoms with E-state index in [1.54, 1.807) is 0 Å². The first kappa shape index (κ1) is 16.6. The van der Waals surface area contributed by atoms with E-state index >= 15 is 0 Å². The number of hydrogen-bond donors (Lipinski definition) is 1. The number of nitrogens with zero attached hydrogens (tertiary/aromatic N) is 1. The van der Waals surface area contributed by atoms with E-state index in [9.17, 15) is 4.79 Å². The van der Waals surface area contributed by atoms with Gasteiger partial charge in [0.2, 0.25) is 5.91 Å². The van der Waals surface area contributed by atoms with E-state index in [0.29, 0.717) is 19.6 Å². The molecule has 1 aromatic rings. The van der Waals surface area contributed by atoms with Crippen molar-refractivity contribution in [1.82, 2.24) is 10.2 Å². The lowest BCUT2D eigenvalue weighted by atomic mass is 10.2. The first-order valence-electron chi connectivity index (χ1n) is 8.02. The Morgan fingerprint density at radius 2 is 2.09 bits per heavy atom. The van der Waals surface area contributed by atoms with Crippen molar-refractivity contribution < 1.29 is 14.3 Å². The number of unbranched alkanes of at least 4 members (excludes halogenated alkanes) is 1. The van der Waals surface area contributed by atoms with E-state index in [4.69, 9.17) is 9.47 Å². The van der Waals surface area contributed by atoms with Crippen molar-refractivity contribution in [1.29, 1.82) is 0 Å². The lowest BCUT2D eigenvalue weighted by molar-refractivity contribution is -0.121. The Morgan fingerprint density at radius 3 is 2.86 bits per heavy atom. The normalized spacial score (nSPS) is 16.6. The highest BCUT2D eigenvalue weighted by atomic mass is 16.6. The summed E-state index contributed by atoms with van der Waals surface area (Å²) in [6, 6.07) is 7.59. The quantitative estimate of drug-likeness (QED) is 0.799. The van der Waals surface area contributed by atoms with Crippen LogP contribution in [0.2, 0.25) is 0 Å². The highest BCUT2D eigenvalue weighted by Gasteiger charge is 2.20. The molecule has 1 aliphatic heterocycles. The predicted octanol–water partition coefficient (Wildman–Crippen LogP) is 2.06. The third kappa shape index (κ3) is 5.22. The molecule has 5 heteroatoms. The van der Waals surface area contributed by atoms with Gasteiger partial charge in [0.25, 0.3) is 0 Å². The zero-order valence-corrected chi connectivity index (χ0v) is 13.5. The molecule has 0 saturated carbocycles. The molecule has 0 aliphatic carbocycles. The first-order valence-corrected chi connectivity index (χ1v) is 8.02. The average Bonchev–Trinajstić information content (AvgIpc) is 2.56. The Bertz CT molecular complexity index is 479. The summed E-state index contributed by atoms with van der Waals surface area (Å²) in [5.74, 6) is 1.57. The van der Waals surface area contributed by atoms with E-state index in [1.165, 1.54) is 12.8 Å². The van der Waals surface area contributed by atoms with Crippen LogP contribution in [0.15, 0.2) is 24.3 Å². The van der Waals surface area contributed by atoms with Gasteiger partial charge in [-0.15, -0.1) is 0 Å². The molecule has 5 nitrogen and oxygen atoms in total. The molecule has 1 atom stereocenters. The smallest absolute Gasteiger partial charge is 0.221 e. The van der Waals surface area contributed by atoms with Crippen molar-refractivity contribution in [3.63, 3.8) is 0 Å². The van der Waals surface area contributed by atoms with Gasteiger partial charge in [-0.25, -0.2) is 0 Å². The second-order valence-corrected chi connectivity index (χ2v) is 5.71. The van der Waals surface area contributed by atoms with E-state index in [-0.39, 0.29) is 12.0 Å². The van der Waals surface area contributed by atoms with Gasteiger partial charge >= 0.3 is 0 Å². The lowest BCUT2D eigenvalue weighted by Crippen LogP contribution is -2.41. The third-order valence-electron chi connectivity index (χ3n) is 3.71. The summed E-state index contributed by atoms with van der Waals surface area (Å²) in [6.07, 6.45) is 2.74. The number of ether oxygens (including phenoxy) is 2. The molecule has 0 fully saturated rings. The maximum atomic E-state index is 11.9. The zero-order valence-electron chi connectivity index (χ0n) is 13.5. The molecule has 1 aromatic carbocycles. The van der Waals surface area contributed by atoms with Gasteiger partial charge in [0, 0.05) is 13.0 Å². The summed E-state index contributed by atoms with van der Waals surface area (Å²) < 4.78 is 11.4. The summed E-state index contributed by atoms with van der Waals surface area (Å²) in [7, 11) is 2.05. The molecule has 1 aliphatic rings. The highest BCUT2D eigenvalue weighted by Crippen LogP contribution is 2.30. The third-order valence-corrected chi connectivity index (χ3v) is 3.71. The SMILES string of the molecule is CCCCN(C)CCC(=O)NCC1COc2ccccc2O1. The number of fused-ring (bicyclic) bond motifs is 1. The fourth-order valence-corrected chi connectivity index (χ4v) is 2.31. The molecular weight excluding hydrogens is 280 g/mol. The van der Waals surface area contributed by atoms with Crippen LogP contribution in [0.1, 0.15) is 26.2 Å². The average molecular weight is 306 g/mol. The van der Waals surface area contributed by atoms with E-state index in [1.807, 2.05) is 24.3 Å². The predicted molar refractivity (Wildman–Crippen MR) is 86.4 cm³/mol. The Morgan fingerprint density at radius 1 is 1.32 bits per heavy atom. The summed E-state index contributed by atoms with van der Waals surface area (Å²) in [5, 5.41) is 2.92. The number of benzene rings is 1. The van der Waals surface area contributed by atoms with Crippen LogP contribution < -0.4 is 14.8 Å². The number of carbonyl (C=O) groups is 1. The summed E-state index contributed by atoms with van der Waals surface area (Å²) in [5.41, 5.74) is 0. The van der Waals surface area contributed by atoms with Gasteiger partial charge in [0.05, 0.1) is 6.54 Å². The van der Waals surface area contributed by atoms with Crippen molar-refractivity contribution in [2.24, 2.45) is 0 Å². The molecule has 1 amide bonds. The van der Waals surface area contributed by atoms with E-state index in [0.717, 1.165) is 24.6 Å². The van der Waals surface area contributed by atoms with E-state index in [2.05, 4.69) is 24.2 Å². The van der Waals surface area contributed by atoms with Crippen LogP contribution in [0.3, 0.4) is 0 Å². The first-order chi connectivity index (χ1) is 10.7. The van der Waals surface area contributed by atoms with E-state index < -0.39 is 0 Å². The molecule has 122 valence electrons. The molecule has 2 rings (SSSR count). The number of nitrogens with one attached hydrogen (secondary N) is 1. The van der Waals surface area contributed by atoms with Crippen LogP contribution >= 0.6 is 0 Å². The highest BCUT2D eigenvalue weighted by molar-refractivity contribution is 5.76. The van der Waals surface area contributed by atoms with Gasteiger partial charge in [-0.2, -0.15) is 0 Å². The Kier molecular flexibility index (Phi) is 6.52. The van der Waals surface area contributed by atoms with Crippen LogP contribution in [0.25, 0.3) is 0 Å². The maximum absolute atomic E-state index is 11.9. The molecule has 0 spiro atoms. The number of hydrogen-bond acceptors (Lipinski definition) is 4. The van der Waals surface area contributed by atoms with Crippen molar-refractivity contribution in [3.05, 3.63) is 24.3 Å². The lowest BCUT2D eigenvalue weighted by Gasteiger charge is -2.26. The Labute approximate surface area is 132 Å².